The smallest absolute Gasteiger partial charge is 0.254 e. The molecule has 2 aromatic carbocycles. The quantitative estimate of drug-likeness (QED) is 0.727. The molecule has 1 saturated heterocycles. The van der Waals surface area contributed by atoms with Gasteiger partial charge in [-0.3, -0.25) is 9.59 Å². The van der Waals surface area contributed by atoms with Crippen molar-refractivity contribution >= 4 is 23.4 Å². The van der Waals surface area contributed by atoms with Crippen molar-refractivity contribution < 1.29 is 19.8 Å². The number of β-amino-alcohol motifs (C(OH)–C–C–N with tert-alkyl or cyclic N) is 1. The Morgan fingerprint density at radius 3 is 2.59 bits per heavy atom. The van der Waals surface area contributed by atoms with Crippen molar-refractivity contribution in [2.75, 3.05) is 6.54 Å². The van der Waals surface area contributed by atoms with E-state index in [1.165, 1.54) is 4.90 Å². The molecule has 3 rings (SSSR count). The molecule has 7 heteroatoms. The minimum Gasteiger partial charge on any atom is -0.392 e. The lowest BCUT2D eigenvalue weighted by Crippen LogP contribution is -2.45. The van der Waals surface area contributed by atoms with Crippen LogP contribution in [0.25, 0.3) is 0 Å². The van der Waals surface area contributed by atoms with Crippen LogP contribution in [0.4, 0.5) is 0 Å². The van der Waals surface area contributed by atoms with Gasteiger partial charge in [0.15, 0.2) is 0 Å². The molecule has 1 fully saturated rings. The van der Waals surface area contributed by atoms with Crippen LogP contribution in [0, 0.1) is 0 Å². The summed E-state index contributed by atoms with van der Waals surface area (Å²) in [5.74, 6) is -0.651. The molecule has 0 saturated carbocycles. The number of aliphatic hydroxyl groups is 2. The van der Waals surface area contributed by atoms with Gasteiger partial charge in [-0.2, -0.15) is 0 Å². The third-order valence-corrected chi connectivity index (χ3v) is 4.83. The summed E-state index contributed by atoms with van der Waals surface area (Å²) in [7, 11) is 0. The summed E-state index contributed by atoms with van der Waals surface area (Å²) >= 11 is 5.85. The zero-order valence-electron chi connectivity index (χ0n) is 14.6. The van der Waals surface area contributed by atoms with Gasteiger partial charge in [-0.25, -0.2) is 0 Å². The van der Waals surface area contributed by atoms with Crippen LogP contribution < -0.4 is 5.32 Å². The molecule has 0 bridgehead atoms. The Morgan fingerprint density at radius 1 is 1.15 bits per heavy atom. The molecule has 2 atom stereocenters. The Morgan fingerprint density at radius 2 is 1.89 bits per heavy atom. The molecular weight excluding hydrogens is 368 g/mol. The van der Waals surface area contributed by atoms with Gasteiger partial charge >= 0.3 is 0 Å². The van der Waals surface area contributed by atoms with Crippen molar-refractivity contribution in [3.05, 3.63) is 70.2 Å². The number of rotatable bonds is 5. The molecular formula is C20H21ClN2O4. The van der Waals surface area contributed by atoms with Crippen molar-refractivity contribution in [3.8, 4) is 0 Å². The Bertz CT molecular complexity index is 825. The number of aliphatic hydroxyl groups excluding tert-OH is 2. The second-order valence-electron chi connectivity index (χ2n) is 6.57. The van der Waals surface area contributed by atoms with Crippen LogP contribution in [-0.2, 0) is 17.9 Å². The van der Waals surface area contributed by atoms with Crippen molar-refractivity contribution in [1.82, 2.24) is 10.2 Å². The number of nitrogens with zero attached hydrogens (tertiary/aromatic N) is 1. The van der Waals surface area contributed by atoms with Crippen LogP contribution in [0.15, 0.2) is 48.5 Å². The van der Waals surface area contributed by atoms with Crippen molar-refractivity contribution in [3.63, 3.8) is 0 Å². The lowest BCUT2D eigenvalue weighted by Gasteiger charge is -2.24. The second-order valence-corrected chi connectivity index (χ2v) is 7.00. The van der Waals surface area contributed by atoms with E-state index in [0.717, 1.165) is 5.56 Å². The highest BCUT2D eigenvalue weighted by Gasteiger charge is 2.39. The van der Waals surface area contributed by atoms with Crippen molar-refractivity contribution in [2.24, 2.45) is 0 Å². The topological polar surface area (TPSA) is 89.9 Å². The summed E-state index contributed by atoms with van der Waals surface area (Å²) in [5.41, 5.74) is 1.88. The summed E-state index contributed by atoms with van der Waals surface area (Å²) in [5, 5.41) is 22.7. The van der Waals surface area contributed by atoms with Gasteiger partial charge in [0.05, 0.1) is 12.7 Å². The minimum absolute atomic E-state index is 0.0984. The van der Waals surface area contributed by atoms with E-state index in [1.807, 2.05) is 12.1 Å². The van der Waals surface area contributed by atoms with Gasteiger partial charge in [-0.1, -0.05) is 35.9 Å². The Kier molecular flexibility index (Phi) is 6.11. The van der Waals surface area contributed by atoms with Crippen LogP contribution in [0.1, 0.15) is 27.9 Å². The van der Waals surface area contributed by atoms with E-state index in [-0.39, 0.29) is 31.4 Å². The molecule has 27 heavy (non-hydrogen) atoms. The molecule has 142 valence electrons. The number of halogens is 1. The number of amides is 2. The zero-order valence-corrected chi connectivity index (χ0v) is 15.4. The fourth-order valence-electron chi connectivity index (χ4n) is 3.16. The maximum atomic E-state index is 12.8. The normalized spacial score (nSPS) is 19.1. The van der Waals surface area contributed by atoms with E-state index in [2.05, 4.69) is 5.32 Å². The Balaban J connectivity index is 1.70. The van der Waals surface area contributed by atoms with E-state index in [0.29, 0.717) is 22.7 Å². The number of carbonyl (C=O) groups excluding carboxylic acids is 2. The first-order chi connectivity index (χ1) is 13.0. The third kappa shape index (κ3) is 4.66. The molecule has 0 aromatic heterocycles. The van der Waals surface area contributed by atoms with E-state index in [9.17, 15) is 19.8 Å². The average molecular weight is 389 g/mol. The highest BCUT2D eigenvalue weighted by Crippen LogP contribution is 2.22. The first-order valence-electron chi connectivity index (χ1n) is 8.69. The Labute approximate surface area is 162 Å². The monoisotopic (exact) mass is 388 g/mol. The van der Waals surface area contributed by atoms with Crippen LogP contribution in [0.3, 0.4) is 0 Å². The van der Waals surface area contributed by atoms with Crippen LogP contribution >= 0.6 is 11.6 Å². The summed E-state index contributed by atoms with van der Waals surface area (Å²) in [6.45, 7) is 0.237. The van der Waals surface area contributed by atoms with Crippen LogP contribution in [-0.4, -0.2) is 45.6 Å². The van der Waals surface area contributed by atoms with Gasteiger partial charge in [0, 0.05) is 30.1 Å². The lowest BCUT2D eigenvalue weighted by atomic mass is 10.1. The van der Waals surface area contributed by atoms with Crippen molar-refractivity contribution in [2.45, 2.75) is 31.7 Å². The molecule has 0 aliphatic carbocycles. The van der Waals surface area contributed by atoms with Crippen LogP contribution in [0.2, 0.25) is 5.02 Å². The third-order valence-electron chi connectivity index (χ3n) is 4.58. The molecule has 2 amide bonds. The first-order valence-corrected chi connectivity index (χ1v) is 9.06. The maximum Gasteiger partial charge on any atom is 0.254 e. The van der Waals surface area contributed by atoms with Crippen LogP contribution in [0.5, 0.6) is 0 Å². The second kappa shape index (κ2) is 8.52. The zero-order chi connectivity index (χ0) is 19.4. The molecule has 0 radical (unpaired) electrons. The highest BCUT2D eigenvalue weighted by molar-refractivity contribution is 6.30. The number of likely N-dealkylation sites (tertiary alicyclic amines) is 1. The molecule has 2 aromatic rings. The van der Waals surface area contributed by atoms with Gasteiger partial charge in [-0.05, 0) is 35.4 Å². The first kappa shape index (κ1) is 19.4. The number of carbonyl (C=O) groups is 2. The standard InChI is InChI=1S/C20H21ClN2O4/c21-16-6-4-13(5-7-16)10-22-19(26)18-9-17(25)11-23(18)20(27)15-3-1-2-14(8-15)12-24/h1-8,17-18,24-25H,9-12H2,(H,22,26)/t17-,18+/m1/s1. The largest absolute Gasteiger partial charge is 0.392 e. The van der Waals surface area contributed by atoms with Gasteiger partial charge in [-0.15, -0.1) is 0 Å². The number of nitrogens with one attached hydrogen (secondary N) is 1. The summed E-state index contributed by atoms with van der Waals surface area (Å²) in [6, 6.07) is 13.0. The summed E-state index contributed by atoms with van der Waals surface area (Å²) in [4.78, 5) is 26.8. The molecule has 3 N–H and O–H groups in total. The van der Waals surface area contributed by atoms with Gasteiger partial charge in [0.25, 0.3) is 5.91 Å². The average Bonchev–Trinajstić information content (AvgIpc) is 3.08. The lowest BCUT2D eigenvalue weighted by molar-refractivity contribution is -0.125. The minimum atomic E-state index is -0.749. The molecule has 0 unspecified atom stereocenters. The number of hydrogen-bond acceptors (Lipinski definition) is 4. The SMILES string of the molecule is O=C(NCc1ccc(Cl)cc1)[C@@H]1C[C@@H](O)CN1C(=O)c1cccc(CO)c1. The van der Waals surface area contributed by atoms with E-state index in [4.69, 9.17) is 11.6 Å². The molecule has 6 nitrogen and oxygen atoms in total. The molecule has 0 spiro atoms. The molecule has 1 aliphatic heterocycles. The summed E-state index contributed by atoms with van der Waals surface area (Å²) in [6.07, 6.45) is -0.556. The van der Waals surface area contributed by atoms with Gasteiger partial charge in [0.1, 0.15) is 6.04 Å². The fourth-order valence-corrected chi connectivity index (χ4v) is 3.29. The maximum absolute atomic E-state index is 12.8. The van der Waals surface area contributed by atoms with Crippen molar-refractivity contribution in [1.29, 1.82) is 0 Å². The molecule has 1 aliphatic rings. The van der Waals surface area contributed by atoms with Gasteiger partial charge in [0.2, 0.25) is 5.91 Å². The Hall–Kier alpha value is -2.41. The van der Waals surface area contributed by atoms with E-state index >= 15 is 0 Å². The predicted molar refractivity (Wildman–Crippen MR) is 101 cm³/mol. The van der Waals surface area contributed by atoms with Gasteiger partial charge < -0.3 is 20.4 Å². The highest BCUT2D eigenvalue weighted by atomic mass is 35.5. The summed E-state index contributed by atoms with van der Waals surface area (Å²) < 4.78 is 0. The number of hydrogen-bond donors (Lipinski definition) is 3. The predicted octanol–water partition coefficient (Wildman–Crippen LogP) is 1.72. The fraction of sp³-hybridized carbons (Fsp3) is 0.300. The number of benzene rings is 2. The van der Waals surface area contributed by atoms with E-state index in [1.54, 1.807) is 36.4 Å². The molecule has 1 heterocycles. The van der Waals surface area contributed by atoms with E-state index < -0.39 is 12.1 Å².